The minimum absolute atomic E-state index is 0.832. The van der Waals surface area contributed by atoms with Crippen molar-refractivity contribution in [3.05, 3.63) is 18.8 Å². The summed E-state index contributed by atoms with van der Waals surface area (Å²) in [7, 11) is 0. The lowest BCUT2D eigenvalue weighted by Crippen LogP contribution is -1.69. The molecular formula is C5H7O. The highest BCUT2D eigenvalue weighted by atomic mass is 16.5. The summed E-state index contributed by atoms with van der Waals surface area (Å²) < 4.78 is 4.83. The van der Waals surface area contributed by atoms with Crippen molar-refractivity contribution < 1.29 is 4.74 Å². The second kappa shape index (κ2) is 1.43. The highest BCUT2D eigenvalue weighted by Crippen LogP contribution is 2.11. The van der Waals surface area contributed by atoms with Crippen LogP contribution in [-0.2, 0) is 4.74 Å². The van der Waals surface area contributed by atoms with Crippen LogP contribution >= 0.6 is 0 Å². The van der Waals surface area contributed by atoms with Crippen molar-refractivity contribution in [1.29, 1.82) is 0 Å². The molecule has 6 heavy (non-hydrogen) atoms. The first-order valence-corrected chi connectivity index (χ1v) is 2.02. The van der Waals surface area contributed by atoms with E-state index in [2.05, 4.69) is 6.58 Å². The lowest BCUT2D eigenvalue weighted by Gasteiger charge is -1.77. The Kier molecular flexibility index (Phi) is 0.926. The second-order valence-corrected chi connectivity index (χ2v) is 1.40. The van der Waals surface area contributed by atoms with Gasteiger partial charge >= 0.3 is 0 Å². The molecule has 0 aromatic carbocycles. The molecule has 0 amide bonds. The molecule has 1 nitrogen and oxygen atoms in total. The van der Waals surface area contributed by atoms with E-state index in [4.69, 9.17) is 4.74 Å². The van der Waals surface area contributed by atoms with Crippen LogP contribution in [0.4, 0.5) is 0 Å². The smallest absolute Gasteiger partial charge is 0.108 e. The first kappa shape index (κ1) is 3.88. The zero-order valence-corrected chi connectivity index (χ0v) is 3.61. The number of hydrogen-bond acceptors (Lipinski definition) is 1. The fraction of sp³-hybridized carbons (Fsp3) is 0.400. The van der Waals surface area contributed by atoms with Gasteiger partial charge in [0.05, 0.1) is 6.61 Å². The molecule has 0 bridgehead atoms. The van der Waals surface area contributed by atoms with Gasteiger partial charge < -0.3 is 4.74 Å². The number of rotatable bonds is 0. The molecule has 0 atom stereocenters. The van der Waals surface area contributed by atoms with Gasteiger partial charge in [0, 0.05) is 0 Å². The molecule has 0 aromatic rings. The molecule has 1 fully saturated rings. The molecule has 1 radical (unpaired) electrons. The van der Waals surface area contributed by atoms with Crippen LogP contribution in [0.3, 0.4) is 0 Å². The predicted octanol–water partition coefficient (Wildman–Crippen LogP) is 1.12. The van der Waals surface area contributed by atoms with Gasteiger partial charge in [-0.3, -0.25) is 0 Å². The molecule has 1 heteroatoms. The molecule has 1 saturated heterocycles. The van der Waals surface area contributed by atoms with Gasteiger partial charge in [0.1, 0.15) is 6.61 Å². The van der Waals surface area contributed by atoms with E-state index in [1.54, 1.807) is 6.61 Å². The van der Waals surface area contributed by atoms with Crippen LogP contribution in [0.5, 0.6) is 0 Å². The minimum atomic E-state index is 0.832. The largest absolute Gasteiger partial charge is 0.370 e. The highest BCUT2D eigenvalue weighted by Gasteiger charge is 2.02. The number of ether oxygens (including phenoxy) is 1. The molecule has 1 heterocycles. The van der Waals surface area contributed by atoms with Crippen molar-refractivity contribution in [3.63, 3.8) is 0 Å². The summed E-state index contributed by atoms with van der Waals surface area (Å²) >= 11 is 0. The summed E-state index contributed by atoms with van der Waals surface area (Å²) in [5.41, 5.74) is 1.11. The number of hydrogen-bond donors (Lipinski definition) is 0. The molecule has 0 spiro atoms. The first-order valence-electron chi connectivity index (χ1n) is 2.02. The topological polar surface area (TPSA) is 9.23 Å². The van der Waals surface area contributed by atoms with Crippen molar-refractivity contribution in [2.45, 2.75) is 6.42 Å². The quantitative estimate of drug-likeness (QED) is 0.426. The zero-order valence-electron chi connectivity index (χ0n) is 3.61. The predicted molar refractivity (Wildman–Crippen MR) is 24.0 cm³/mol. The Labute approximate surface area is 37.6 Å². The van der Waals surface area contributed by atoms with E-state index in [0.717, 1.165) is 18.6 Å². The van der Waals surface area contributed by atoms with Crippen LogP contribution in [-0.4, -0.2) is 6.61 Å². The van der Waals surface area contributed by atoms with Gasteiger partial charge in [-0.2, -0.15) is 0 Å². The van der Waals surface area contributed by atoms with E-state index in [0.29, 0.717) is 0 Å². The SMILES string of the molecule is C=C1[CH]OCC1. The Morgan fingerprint density at radius 3 is 2.83 bits per heavy atom. The third-order valence-corrected chi connectivity index (χ3v) is 0.791. The van der Waals surface area contributed by atoms with E-state index < -0.39 is 0 Å². The van der Waals surface area contributed by atoms with Crippen molar-refractivity contribution in [1.82, 2.24) is 0 Å². The van der Waals surface area contributed by atoms with E-state index in [-0.39, 0.29) is 0 Å². The standard InChI is InChI=1S/C5H7O/c1-5-2-3-6-4-5/h4H,1-3H2. The lowest BCUT2D eigenvalue weighted by atomic mass is 10.3. The Bertz CT molecular complexity index is 58.3. The summed E-state index contributed by atoms with van der Waals surface area (Å²) in [5, 5.41) is 0. The molecule has 1 aliphatic rings. The van der Waals surface area contributed by atoms with Crippen LogP contribution in [0.25, 0.3) is 0 Å². The van der Waals surface area contributed by atoms with E-state index in [1.807, 2.05) is 0 Å². The summed E-state index contributed by atoms with van der Waals surface area (Å²) in [6.07, 6.45) is 1.01. The third-order valence-electron chi connectivity index (χ3n) is 0.791. The Morgan fingerprint density at radius 2 is 2.67 bits per heavy atom. The molecular weight excluding hydrogens is 76.1 g/mol. The molecule has 0 unspecified atom stereocenters. The molecule has 1 aliphatic heterocycles. The van der Waals surface area contributed by atoms with Crippen LogP contribution in [0.2, 0.25) is 0 Å². The third kappa shape index (κ3) is 0.601. The average Bonchev–Trinajstić information content (AvgIpc) is 1.86. The minimum Gasteiger partial charge on any atom is -0.370 e. The summed E-state index contributed by atoms with van der Waals surface area (Å²) in [4.78, 5) is 0. The Balaban J connectivity index is 2.37. The van der Waals surface area contributed by atoms with E-state index in [9.17, 15) is 0 Å². The van der Waals surface area contributed by atoms with Crippen LogP contribution in [0, 0.1) is 6.61 Å². The second-order valence-electron chi connectivity index (χ2n) is 1.40. The van der Waals surface area contributed by atoms with Crippen molar-refractivity contribution in [2.75, 3.05) is 6.61 Å². The van der Waals surface area contributed by atoms with Crippen molar-refractivity contribution in [2.24, 2.45) is 0 Å². The molecule has 0 N–H and O–H groups in total. The van der Waals surface area contributed by atoms with Gasteiger partial charge in [-0.15, -0.1) is 0 Å². The summed E-state index contributed by atoms with van der Waals surface area (Å²) in [5.74, 6) is 0. The molecule has 0 aliphatic carbocycles. The van der Waals surface area contributed by atoms with Crippen LogP contribution in [0.15, 0.2) is 12.2 Å². The Morgan fingerprint density at radius 1 is 1.83 bits per heavy atom. The van der Waals surface area contributed by atoms with Crippen LogP contribution < -0.4 is 0 Å². The average molecular weight is 83.1 g/mol. The zero-order chi connectivity index (χ0) is 4.41. The maximum Gasteiger partial charge on any atom is 0.108 e. The van der Waals surface area contributed by atoms with Gasteiger partial charge in [-0.25, -0.2) is 0 Å². The van der Waals surface area contributed by atoms with Gasteiger partial charge in [0.2, 0.25) is 0 Å². The van der Waals surface area contributed by atoms with E-state index >= 15 is 0 Å². The van der Waals surface area contributed by atoms with Crippen molar-refractivity contribution in [3.8, 4) is 0 Å². The van der Waals surface area contributed by atoms with E-state index in [1.165, 1.54) is 0 Å². The maximum atomic E-state index is 4.83. The van der Waals surface area contributed by atoms with Gasteiger partial charge in [0.25, 0.3) is 0 Å². The Hall–Kier alpha value is -0.300. The molecule has 0 saturated carbocycles. The van der Waals surface area contributed by atoms with Gasteiger partial charge in [0.15, 0.2) is 0 Å². The normalized spacial score (nSPS) is 22.3. The molecule has 33 valence electrons. The molecule has 1 rings (SSSR count). The lowest BCUT2D eigenvalue weighted by molar-refractivity contribution is 0.257. The fourth-order valence-corrected chi connectivity index (χ4v) is 0.426. The van der Waals surface area contributed by atoms with Gasteiger partial charge in [-0.1, -0.05) is 6.58 Å². The monoisotopic (exact) mass is 83.0 g/mol. The van der Waals surface area contributed by atoms with Gasteiger partial charge in [-0.05, 0) is 12.0 Å². The summed E-state index contributed by atoms with van der Waals surface area (Å²) in [6.45, 7) is 6.21. The fourth-order valence-electron chi connectivity index (χ4n) is 0.426. The van der Waals surface area contributed by atoms with Crippen molar-refractivity contribution >= 4 is 0 Å². The molecule has 0 aromatic heterocycles. The maximum absolute atomic E-state index is 4.83. The summed E-state index contributed by atoms with van der Waals surface area (Å²) in [6, 6.07) is 0. The first-order chi connectivity index (χ1) is 2.89. The highest BCUT2D eigenvalue weighted by molar-refractivity contribution is 5.06. The van der Waals surface area contributed by atoms with Crippen LogP contribution in [0.1, 0.15) is 6.42 Å².